The average Bonchev–Trinajstić information content (AvgIpc) is 2.85. The molecule has 114 valence electrons. The van der Waals surface area contributed by atoms with Crippen LogP contribution in [0.3, 0.4) is 0 Å². The van der Waals surface area contributed by atoms with Crippen molar-refractivity contribution < 1.29 is 13.2 Å². The van der Waals surface area contributed by atoms with Gasteiger partial charge in [0.05, 0.1) is 17.3 Å². The van der Waals surface area contributed by atoms with Crippen molar-refractivity contribution in [1.29, 1.82) is 0 Å². The van der Waals surface area contributed by atoms with Gasteiger partial charge in [-0.2, -0.15) is 18.3 Å². The van der Waals surface area contributed by atoms with Gasteiger partial charge >= 0.3 is 6.18 Å². The molecule has 0 radical (unpaired) electrons. The summed E-state index contributed by atoms with van der Waals surface area (Å²) in [6.07, 6.45) is -1.80. The fourth-order valence-corrected chi connectivity index (χ4v) is 2.24. The Bertz CT molecular complexity index is 590. The monoisotopic (exact) mass is 297 g/mol. The van der Waals surface area contributed by atoms with Crippen molar-refractivity contribution in [1.82, 2.24) is 15.1 Å². The van der Waals surface area contributed by atoms with Gasteiger partial charge in [0.15, 0.2) is 0 Å². The Morgan fingerprint density at radius 2 is 2.05 bits per heavy atom. The molecule has 3 nitrogen and oxygen atoms in total. The third-order valence-electron chi connectivity index (χ3n) is 3.30. The highest BCUT2D eigenvalue weighted by Crippen LogP contribution is 2.32. The van der Waals surface area contributed by atoms with Gasteiger partial charge in [0, 0.05) is 13.2 Å². The van der Waals surface area contributed by atoms with E-state index in [0.29, 0.717) is 12.1 Å². The summed E-state index contributed by atoms with van der Waals surface area (Å²) in [6.45, 7) is 2.73. The summed E-state index contributed by atoms with van der Waals surface area (Å²) in [7, 11) is 1.78. The van der Waals surface area contributed by atoms with Crippen LogP contribution in [0.1, 0.15) is 36.2 Å². The molecule has 0 fully saturated rings. The van der Waals surface area contributed by atoms with Crippen LogP contribution in [0.4, 0.5) is 13.2 Å². The minimum atomic E-state index is -4.34. The second-order valence-corrected chi connectivity index (χ2v) is 4.89. The maximum absolute atomic E-state index is 12.9. The molecule has 2 aromatic rings. The van der Waals surface area contributed by atoms with E-state index >= 15 is 0 Å². The van der Waals surface area contributed by atoms with E-state index in [2.05, 4.69) is 10.4 Å². The lowest BCUT2D eigenvalue weighted by Gasteiger charge is -2.20. The highest BCUT2D eigenvalue weighted by Gasteiger charge is 2.31. The Morgan fingerprint density at radius 3 is 2.62 bits per heavy atom. The number of aromatic nitrogens is 2. The summed E-state index contributed by atoms with van der Waals surface area (Å²) in [4.78, 5) is 0. The number of nitrogens with zero attached hydrogens (tertiary/aromatic N) is 2. The number of nitrogens with one attached hydrogen (secondary N) is 1. The van der Waals surface area contributed by atoms with Gasteiger partial charge in [-0.25, -0.2) is 0 Å². The SMILES string of the molecule is CCCNC(c1cccc(C(F)(F)F)c1)c1ccnn1C. The van der Waals surface area contributed by atoms with E-state index in [9.17, 15) is 13.2 Å². The molecule has 0 aliphatic heterocycles. The van der Waals surface area contributed by atoms with Gasteiger partial charge in [-0.05, 0) is 36.7 Å². The number of rotatable bonds is 5. The average molecular weight is 297 g/mol. The molecule has 0 saturated carbocycles. The zero-order valence-corrected chi connectivity index (χ0v) is 12.0. The van der Waals surface area contributed by atoms with E-state index in [0.717, 1.165) is 18.2 Å². The van der Waals surface area contributed by atoms with E-state index in [1.807, 2.05) is 13.0 Å². The van der Waals surface area contributed by atoms with Crippen molar-refractivity contribution in [3.63, 3.8) is 0 Å². The Kier molecular flexibility index (Phi) is 4.67. The highest BCUT2D eigenvalue weighted by atomic mass is 19.4. The predicted octanol–water partition coefficient (Wildman–Crippen LogP) is 3.53. The lowest BCUT2D eigenvalue weighted by molar-refractivity contribution is -0.137. The molecule has 0 aliphatic rings. The first-order valence-corrected chi connectivity index (χ1v) is 6.82. The van der Waals surface area contributed by atoms with Crippen molar-refractivity contribution in [2.75, 3.05) is 6.54 Å². The second-order valence-electron chi connectivity index (χ2n) is 4.89. The highest BCUT2D eigenvalue weighted by molar-refractivity contribution is 5.32. The third kappa shape index (κ3) is 3.64. The smallest absolute Gasteiger partial charge is 0.305 e. The summed E-state index contributed by atoms with van der Waals surface area (Å²) in [5, 5.41) is 7.38. The van der Waals surface area contributed by atoms with Crippen LogP contribution in [0.25, 0.3) is 0 Å². The summed E-state index contributed by atoms with van der Waals surface area (Å²) in [6, 6.07) is 6.93. The molecule has 0 spiro atoms. The molecule has 0 aliphatic carbocycles. The Hall–Kier alpha value is -1.82. The number of benzene rings is 1. The fraction of sp³-hybridized carbons (Fsp3) is 0.400. The molecule has 1 heterocycles. The number of alkyl halides is 3. The minimum Gasteiger partial charge on any atom is -0.305 e. The first-order valence-electron chi connectivity index (χ1n) is 6.82. The summed E-state index contributed by atoms with van der Waals surface area (Å²) >= 11 is 0. The normalized spacial score (nSPS) is 13.4. The molecule has 21 heavy (non-hydrogen) atoms. The largest absolute Gasteiger partial charge is 0.416 e. The minimum absolute atomic E-state index is 0.306. The van der Waals surface area contributed by atoms with Crippen LogP contribution in [0.15, 0.2) is 36.5 Å². The zero-order chi connectivity index (χ0) is 15.5. The number of hydrogen-bond acceptors (Lipinski definition) is 2. The number of aryl methyl sites for hydroxylation is 1. The van der Waals surface area contributed by atoms with Gasteiger partial charge in [-0.1, -0.05) is 19.1 Å². The Labute approximate surface area is 121 Å². The molecule has 1 unspecified atom stereocenters. The zero-order valence-electron chi connectivity index (χ0n) is 12.0. The van der Waals surface area contributed by atoms with Crippen molar-refractivity contribution in [3.05, 3.63) is 53.3 Å². The van der Waals surface area contributed by atoms with Gasteiger partial charge in [0.25, 0.3) is 0 Å². The summed E-state index contributed by atoms with van der Waals surface area (Å²) in [5.41, 5.74) is 0.787. The van der Waals surface area contributed by atoms with Gasteiger partial charge < -0.3 is 5.32 Å². The molecule has 1 N–H and O–H groups in total. The molecular weight excluding hydrogens is 279 g/mol. The van der Waals surface area contributed by atoms with Gasteiger partial charge in [0.2, 0.25) is 0 Å². The quantitative estimate of drug-likeness (QED) is 0.915. The van der Waals surface area contributed by atoms with Crippen molar-refractivity contribution in [2.24, 2.45) is 7.05 Å². The lowest BCUT2D eigenvalue weighted by Crippen LogP contribution is -2.25. The molecule has 0 bridgehead atoms. The number of halogens is 3. The maximum Gasteiger partial charge on any atom is 0.416 e. The van der Waals surface area contributed by atoms with E-state index in [-0.39, 0.29) is 6.04 Å². The van der Waals surface area contributed by atoms with Crippen molar-refractivity contribution in [2.45, 2.75) is 25.6 Å². The summed E-state index contributed by atoms with van der Waals surface area (Å²) < 4.78 is 40.3. The van der Waals surface area contributed by atoms with Crippen molar-refractivity contribution in [3.8, 4) is 0 Å². The van der Waals surface area contributed by atoms with Crippen LogP contribution in [-0.2, 0) is 13.2 Å². The molecule has 6 heteroatoms. The van der Waals surface area contributed by atoms with Crippen LogP contribution < -0.4 is 5.32 Å². The third-order valence-corrected chi connectivity index (χ3v) is 3.30. The van der Waals surface area contributed by atoms with Crippen LogP contribution in [-0.4, -0.2) is 16.3 Å². The molecule has 1 aromatic carbocycles. The molecule has 1 aromatic heterocycles. The van der Waals surface area contributed by atoms with Gasteiger partial charge in [-0.15, -0.1) is 0 Å². The van der Waals surface area contributed by atoms with E-state index in [1.165, 1.54) is 12.1 Å². The first kappa shape index (κ1) is 15.6. The van der Waals surface area contributed by atoms with Gasteiger partial charge in [-0.3, -0.25) is 4.68 Å². The Morgan fingerprint density at radius 1 is 1.29 bits per heavy atom. The van der Waals surface area contributed by atoms with Gasteiger partial charge in [0.1, 0.15) is 0 Å². The standard InChI is InChI=1S/C15H18F3N3/c1-3-8-19-14(13-7-9-20-21(13)2)11-5-4-6-12(10-11)15(16,17)18/h4-7,9-10,14,19H,3,8H2,1-2H3. The van der Waals surface area contributed by atoms with Crippen molar-refractivity contribution >= 4 is 0 Å². The van der Waals surface area contributed by atoms with Crippen LogP contribution in [0, 0.1) is 0 Å². The fourth-order valence-electron chi connectivity index (χ4n) is 2.24. The van der Waals surface area contributed by atoms with E-state index in [1.54, 1.807) is 24.0 Å². The number of hydrogen-bond donors (Lipinski definition) is 1. The lowest BCUT2D eigenvalue weighted by atomic mass is 10.0. The summed E-state index contributed by atoms with van der Waals surface area (Å²) in [5.74, 6) is 0. The van der Waals surface area contributed by atoms with Crippen LogP contribution in [0.5, 0.6) is 0 Å². The molecule has 0 saturated heterocycles. The topological polar surface area (TPSA) is 29.9 Å². The van der Waals surface area contributed by atoms with E-state index in [4.69, 9.17) is 0 Å². The molecule has 1 atom stereocenters. The first-order chi connectivity index (χ1) is 9.93. The Balaban J connectivity index is 2.40. The predicted molar refractivity (Wildman–Crippen MR) is 74.8 cm³/mol. The maximum atomic E-state index is 12.9. The second kappa shape index (κ2) is 6.30. The van der Waals surface area contributed by atoms with Crippen LogP contribution >= 0.6 is 0 Å². The molecular formula is C15H18F3N3. The molecule has 0 amide bonds. The van der Waals surface area contributed by atoms with Crippen LogP contribution in [0.2, 0.25) is 0 Å². The molecule has 2 rings (SSSR count). The van der Waals surface area contributed by atoms with E-state index < -0.39 is 11.7 Å².